The van der Waals surface area contributed by atoms with Crippen molar-refractivity contribution in [1.82, 2.24) is 15.0 Å². The van der Waals surface area contributed by atoms with Gasteiger partial charge in [0.2, 0.25) is 5.91 Å². The highest BCUT2D eigenvalue weighted by Gasteiger charge is 2.51. The Hall–Kier alpha value is -4.19. The van der Waals surface area contributed by atoms with Crippen molar-refractivity contribution in [1.29, 1.82) is 0 Å². The maximum atomic E-state index is 13.6. The van der Waals surface area contributed by atoms with E-state index < -0.39 is 5.41 Å². The molecule has 3 atom stereocenters. The van der Waals surface area contributed by atoms with Crippen LogP contribution < -0.4 is 5.32 Å². The summed E-state index contributed by atoms with van der Waals surface area (Å²) in [6.07, 6.45) is 8.50. The van der Waals surface area contributed by atoms with Gasteiger partial charge in [0.1, 0.15) is 5.82 Å². The van der Waals surface area contributed by atoms with Crippen LogP contribution in [-0.4, -0.2) is 26.6 Å². The van der Waals surface area contributed by atoms with Crippen LogP contribution >= 0.6 is 0 Å². The molecule has 37 heavy (non-hydrogen) atoms. The topological polar surface area (TPSA) is 84.8 Å². The number of Topliss-reactive ketones (excluding diaryl/α,β-unsaturated/α-hetero) is 1. The summed E-state index contributed by atoms with van der Waals surface area (Å²) in [5, 5.41) is 2.93. The molecule has 0 bridgehead atoms. The number of fused-ring (bicyclic) bond motifs is 4. The van der Waals surface area contributed by atoms with Crippen LogP contribution in [0.4, 0.5) is 5.82 Å². The van der Waals surface area contributed by atoms with Gasteiger partial charge in [-0.2, -0.15) is 0 Å². The van der Waals surface area contributed by atoms with Gasteiger partial charge < -0.3 is 5.32 Å². The van der Waals surface area contributed by atoms with Gasteiger partial charge in [0.15, 0.2) is 5.78 Å². The van der Waals surface area contributed by atoms with Crippen molar-refractivity contribution in [2.24, 2.45) is 0 Å². The average Bonchev–Trinajstić information content (AvgIpc) is 3.45. The molecule has 1 aliphatic heterocycles. The molecule has 0 saturated heterocycles. The molecule has 4 aromatic rings. The Morgan fingerprint density at radius 1 is 0.946 bits per heavy atom. The number of aromatic nitrogens is 3. The molecule has 3 aromatic heterocycles. The van der Waals surface area contributed by atoms with Crippen molar-refractivity contribution < 1.29 is 9.59 Å². The Balaban J connectivity index is 1.15. The molecule has 6 nitrogen and oxygen atoms in total. The van der Waals surface area contributed by atoms with E-state index in [1.807, 2.05) is 36.5 Å². The first kappa shape index (κ1) is 22.0. The summed E-state index contributed by atoms with van der Waals surface area (Å²) in [7, 11) is 0. The zero-order chi connectivity index (χ0) is 25.0. The van der Waals surface area contributed by atoms with E-state index >= 15 is 0 Å². The summed E-state index contributed by atoms with van der Waals surface area (Å²) in [4.78, 5) is 40.3. The van der Waals surface area contributed by atoms with E-state index in [0.29, 0.717) is 36.6 Å². The summed E-state index contributed by atoms with van der Waals surface area (Å²) >= 11 is 0. The lowest BCUT2D eigenvalue weighted by molar-refractivity contribution is -0.120. The minimum atomic E-state index is -0.685. The lowest BCUT2D eigenvalue weighted by Gasteiger charge is -2.30. The molecule has 2 aliphatic carbocycles. The molecule has 0 saturated carbocycles. The van der Waals surface area contributed by atoms with Gasteiger partial charge in [0, 0.05) is 59.9 Å². The number of rotatable bonds is 4. The molecule has 4 heterocycles. The lowest BCUT2D eigenvalue weighted by Crippen LogP contribution is -2.35. The number of nitrogens with one attached hydrogen (secondary N) is 1. The Labute approximate surface area is 215 Å². The van der Waals surface area contributed by atoms with Crippen molar-refractivity contribution >= 4 is 17.5 Å². The first-order valence-electron chi connectivity index (χ1n) is 12.9. The third kappa shape index (κ3) is 3.58. The molecule has 2 unspecified atom stereocenters. The van der Waals surface area contributed by atoms with Gasteiger partial charge in [-0.3, -0.25) is 19.6 Å². The summed E-state index contributed by atoms with van der Waals surface area (Å²) in [5.74, 6) is 1.09. The van der Waals surface area contributed by atoms with Crippen LogP contribution in [0.1, 0.15) is 68.7 Å². The SMILES string of the molecule is O=C(CC1CC(c2ccccc2)Cc2cccnc21)c1cnc2c(c1)C[C@@]1(C2)C(=O)Nc2ncccc21. The predicted octanol–water partition coefficient (Wildman–Crippen LogP) is 4.95. The fourth-order valence-electron chi connectivity index (χ4n) is 6.56. The fraction of sp³-hybridized carbons (Fsp3) is 0.258. The summed E-state index contributed by atoms with van der Waals surface area (Å²) < 4.78 is 0. The van der Waals surface area contributed by atoms with E-state index in [0.717, 1.165) is 35.4 Å². The number of anilines is 1. The molecule has 3 aliphatic rings. The molecular formula is C31H26N4O2. The van der Waals surface area contributed by atoms with Gasteiger partial charge in [-0.05, 0) is 60.1 Å². The lowest BCUT2D eigenvalue weighted by atomic mass is 9.74. The van der Waals surface area contributed by atoms with Crippen molar-refractivity contribution in [2.45, 2.75) is 49.4 Å². The second kappa shape index (κ2) is 8.44. The molecule has 0 radical (unpaired) electrons. The second-order valence-corrected chi connectivity index (χ2v) is 10.5. The zero-order valence-corrected chi connectivity index (χ0v) is 20.4. The monoisotopic (exact) mass is 486 g/mol. The number of pyridine rings is 3. The number of hydrogen-bond acceptors (Lipinski definition) is 5. The van der Waals surface area contributed by atoms with E-state index in [2.05, 4.69) is 45.6 Å². The van der Waals surface area contributed by atoms with Crippen LogP contribution in [0.5, 0.6) is 0 Å². The third-order valence-corrected chi connectivity index (χ3v) is 8.38. The molecular weight excluding hydrogens is 460 g/mol. The maximum Gasteiger partial charge on any atom is 0.237 e. The largest absolute Gasteiger partial charge is 0.310 e. The quantitative estimate of drug-likeness (QED) is 0.413. The molecule has 0 fully saturated rings. The summed E-state index contributed by atoms with van der Waals surface area (Å²) in [5.41, 5.74) is 6.29. The van der Waals surface area contributed by atoms with Gasteiger partial charge in [-0.15, -0.1) is 0 Å². The second-order valence-electron chi connectivity index (χ2n) is 10.5. The fourth-order valence-corrected chi connectivity index (χ4v) is 6.56. The Morgan fingerprint density at radius 3 is 2.68 bits per heavy atom. The number of benzene rings is 1. The van der Waals surface area contributed by atoms with Crippen LogP contribution in [0.25, 0.3) is 0 Å². The van der Waals surface area contributed by atoms with E-state index in [1.54, 1.807) is 12.4 Å². The van der Waals surface area contributed by atoms with E-state index in [4.69, 9.17) is 4.98 Å². The average molecular weight is 487 g/mol. The molecule has 1 spiro atoms. The number of carbonyl (C=O) groups is 2. The van der Waals surface area contributed by atoms with Crippen LogP contribution in [0.2, 0.25) is 0 Å². The van der Waals surface area contributed by atoms with E-state index in [9.17, 15) is 9.59 Å². The van der Waals surface area contributed by atoms with Crippen molar-refractivity contribution in [3.05, 3.63) is 118 Å². The Kier molecular flexibility index (Phi) is 5.03. The summed E-state index contributed by atoms with van der Waals surface area (Å²) in [6.45, 7) is 0. The Bertz CT molecular complexity index is 1550. The smallest absolute Gasteiger partial charge is 0.237 e. The molecule has 6 heteroatoms. The number of carbonyl (C=O) groups excluding carboxylic acids is 2. The Morgan fingerprint density at radius 2 is 1.78 bits per heavy atom. The highest BCUT2D eigenvalue weighted by atomic mass is 16.2. The van der Waals surface area contributed by atoms with E-state index in [1.165, 1.54) is 11.1 Å². The molecule has 1 amide bonds. The van der Waals surface area contributed by atoms with Crippen molar-refractivity contribution in [3.8, 4) is 0 Å². The van der Waals surface area contributed by atoms with Gasteiger partial charge >= 0.3 is 0 Å². The number of ketones is 1. The van der Waals surface area contributed by atoms with Gasteiger partial charge in [0.25, 0.3) is 0 Å². The van der Waals surface area contributed by atoms with Gasteiger partial charge in [-0.1, -0.05) is 42.5 Å². The standard InChI is InChI=1S/C31H26N4O2/c36-27(15-22-13-21(19-6-2-1-3-7-19)12-20-8-4-10-32-28(20)22)24-14-23-16-31(17-26(23)34-18-24)25-9-5-11-33-29(25)35-30(31)37/h1-11,14,18,21-22H,12-13,15-17H2,(H,33,35,37)/t21?,22?,31-/m0/s1. The third-order valence-electron chi connectivity index (χ3n) is 8.38. The minimum absolute atomic E-state index is 0.0380. The predicted molar refractivity (Wildman–Crippen MR) is 140 cm³/mol. The molecule has 1 N–H and O–H groups in total. The normalized spacial score (nSPS) is 23.3. The van der Waals surface area contributed by atoms with Crippen LogP contribution in [-0.2, 0) is 29.5 Å². The number of nitrogens with zero attached hydrogens (tertiary/aromatic N) is 3. The number of amides is 1. The van der Waals surface area contributed by atoms with Crippen LogP contribution in [0, 0.1) is 0 Å². The maximum absolute atomic E-state index is 13.6. The van der Waals surface area contributed by atoms with Crippen molar-refractivity contribution in [3.63, 3.8) is 0 Å². The molecule has 7 rings (SSSR count). The molecule has 182 valence electrons. The number of hydrogen-bond donors (Lipinski definition) is 1. The van der Waals surface area contributed by atoms with Crippen LogP contribution in [0.3, 0.4) is 0 Å². The highest BCUT2D eigenvalue weighted by molar-refractivity contribution is 6.06. The first-order chi connectivity index (χ1) is 18.1. The van der Waals surface area contributed by atoms with Crippen LogP contribution in [0.15, 0.2) is 79.3 Å². The van der Waals surface area contributed by atoms with Gasteiger partial charge in [-0.25, -0.2) is 4.98 Å². The van der Waals surface area contributed by atoms with Gasteiger partial charge in [0.05, 0.1) is 5.41 Å². The highest BCUT2D eigenvalue weighted by Crippen LogP contribution is 2.46. The first-order valence-corrected chi connectivity index (χ1v) is 12.9. The minimum Gasteiger partial charge on any atom is -0.310 e. The van der Waals surface area contributed by atoms with Crippen molar-refractivity contribution in [2.75, 3.05) is 5.32 Å². The van der Waals surface area contributed by atoms with E-state index in [-0.39, 0.29) is 17.6 Å². The molecule has 1 aromatic carbocycles. The summed E-state index contributed by atoms with van der Waals surface area (Å²) in [6, 6.07) is 20.5. The zero-order valence-electron chi connectivity index (χ0n) is 20.4.